The van der Waals surface area contributed by atoms with E-state index in [9.17, 15) is 4.79 Å². The molecular formula is C11H17NO2. The maximum Gasteiger partial charge on any atom is 0.181 e. The van der Waals surface area contributed by atoms with Crippen LogP contribution in [0.2, 0.25) is 0 Å². The van der Waals surface area contributed by atoms with Crippen LogP contribution in [-0.4, -0.2) is 17.3 Å². The van der Waals surface area contributed by atoms with Crippen molar-refractivity contribution in [3.63, 3.8) is 0 Å². The van der Waals surface area contributed by atoms with E-state index < -0.39 is 0 Å². The molecule has 0 N–H and O–H groups in total. The number of methoxy groups -OCH3 is 1. The Morgan fingerprint density at radius 2 is 1.93 bits per heavy atom. The smallest absolute Gasteiger partial charge is 0.181 e. The van der Waals surface area contributed by atoms with Crippen LogP contribution < -0.4 is 5.43 Å². The molecule has 0 amide bonds. The second kappa shape index (κ2) is 4.42. The van der Waals surface area contributed by atoms with Gasteiger partial charge < -0.3 is 9.30 Å². The topological polar surface area (TPSA) is 31.2 Å². The van der Waals surface area contributed by atoms with E-state index in [0.717, 1.165) is 13.0 Å². The number of aryl methyl sites for hydroxylation is 1. The van der Waals surface area contributed by atoms with Crippen molar-refractivity contribution in [2.75, 3.05) is 7.11 Å². The molecule has 0 fully saturated rings. The van der Waals surface area contributed by atoms with E-state index in [1.54, 1.807) is 31.6 Å². The van der Waals surface area contributed by atoms with Gasteiger partial charge in [0, 0.05) is 38.2 Å². The Balaban J connectivity index is 2.54. The van der Waals surface area contributed by atoms with E-state index in [2.05, 4.69) is 13.8 Å². The molecule has 0 bridgehead atoms. The Hall–Kier alpha value is -1.09. The molecular weight excluding hydrogens is 178 g/mol. The Labute approximate surface area is 84.3 Å². The Morgan fingerprint density at radius 3 is 2.43 bits per heavy atom. The molecule has 0 unspecified atom stereocenters. The van der Waals surface area contributed by atoms with Crippen LogP contribution in [0.5, 0.6) is 0 Å². The summed E-state index contributed by atoms with van der Waals surface area (Å²) in [6, 6.07) is 3.14. The summed E-state index contributed by atoms with van der Waals surface area (Å²) in [4.78, 5) is 10.8. The van der Waals surface area contributed by atoms with Gasteiger partial charge in [-0.1, -0.05) is 0 Å². The summed E-state index contributed by atoms with van der Waals surface area (Å²) in [6.07, 6.45) is 4.52. The summed E-state index contributed by atoms with van der Waals surface area (Å²) in [5.41, 5.74) is -0.0596. The van der Waals surface area contributed by atoms with Gasteiger partial charge in [-0.15, -0.1) is 0 Å². The molecule has 0 atom stereocenters. The molecule has 0 aromatic carbocycles. The summed E-state index contributed by atoms with van der Waals surface area (Å²) in [5.74, 6) is 0. The number of ether oxygens (including phenoxy) is 1. The third kappa shape index (κ3) is 3.34. The summed E-state index contributed by atoms with van der Waals surface area (Å²) in [7, 11) is 1.71. The van der Waals surface area contributed by atoms with Gasteiger partial charge in [0.2, 0.25) is 0 Å². The van der Waals surface area contributed by atoms with Crippen molar-refractivity contribution < 1.29 is 4.74 Å². The monoisotopic (exact) mass is 195 g/mol. The van der Waals surface area contributed by atoms with Crippen LogP contribution in [0.25, 0.3) is 0 Å². The fraction of sp³-hybridized carbons (Fsp3) is 0.545. The molecule has 1 rings (SSSR count). The zero-order chi connectivity index (χ0) is 10.6. The van der Waals surface area contributed by atoms with Crippen LogP contribution in [0.3, 0.4) is 0 Å². The fourth-order valence-electron chi connectivity index (χ4n) is 1.09. The van der Waals surface area contributed by atoms with E-state index in [1.165, 1.54) is 0 Å². The molecule has 78 valence electrons. The van der Waals surface area contributed by atoms with Crippen molar-refractivity contribution >= 4 is 0 Å². The SMILES string of the molecule is COC(C)(C)CCn1ccc(=O)cc1. The Kier molecular flexibility index (Phi) is 3.47. The molecule has 0 aliphatic rings. The third-order valence-corrected chi connectivity index (χ3v) is 2.39. The van der Waals surface area contributed by atoms with Crippen molar-refractivity contribution in [3.8, 4) is 0 Å². The normalized spacial score (nSPS) is 11.6. The highest BCUT2D eigenvalue weighted by molar-refractivity contribution is 4.93. The second-order valence-corrected chi connectivity index (χ2v) is 3.99. The zero-order valence-corrected chi connectivity index (χ0v) is 8.99. The summed E-state index contributed by atoms with van der Waals surface area (Å²) < 4.78 is 7.30. The molecule has 1 aromatic rings. The first-order valence-corrected chi connectivity index (χ1v) is 4.75. The van der Waals surface area contributed by atoms with Crippen LogP contribution in [0.4, 0.5) is 0 Å². The van der Waals surface area contributed by atoms with Gasteiger partial charge in [0.15, 0.2) is 5.43 Å². The molecule has 0 spiro atoms. The molecule has 0 saturated heterocycles. The molecule has 0 radical (unpaired) electrons. The minimum absolute atomic E-state index is 0.0484. The molecule has 1 heterocycles. The molecule has 0 saturated carbocycles. The fourth-order valence-corrected chi connectivity index (χ4v) is 1.09. The molecule has 3 heteroatoms. The number of hydrogen-bond donors (Lipinski definition) is 0. The molecule has 0 aliphatic heterocycles. The molecule has 0 aliphatic carbocycles. The predicted octanol–water partition coefficient (Wildman–Crippen LogP) is 1.66. The van der Waals surface area contributed by atoms with E-state index in [1.807, 2.05) is 4.57 Å². The van der Waals surface area contributed by atoms with Crippen molar-refractivity contribution in [1.82, 2.24) is 4.57 Å². The van der Waals surface area contributed by atoms with Gasteiger partial charge in [-0.3, -0.25) is 4.79 Å². The van der Waals surface area contributed by atoms with Crippen LogP contribution in [0.1, 0.15) is 20.3 Å². The first-order valence-electron chi connectivity index (χ1n) is 4.75. The molecule has 1 aromatic heterocycles. The predicted molar refractivity (Wildman–Crippen MR) is 56.4 cm³/mol. The van der Waals surface area contributed by atoms with E-state index >= 15 is 0 Å². The van der Waals surface area contributed by atoms with Gasteiger partial charge in [0.05, 0.1) is 5.60 Å². The lowest BCUT2D eigenvalue weighted by atomic mass is 10.1. The van der Waals surface area contributed by atoms with Crippen molar-refractivity contribution in [2.45, 2.75) is 32.4 Å². The highest BCUT2D eigenvalue weighted by atomic mass is 16.5. The lowest BCUT2D eigenvalue weighted by Crippen LogP contribution is -2.24. The van der Waals surface area contributed by atoms with E-state index in [-0.39, 0.29) is 11.0 Å². The average Bonchev–Trinajstić information content (AvgIpc) is 2.17. The van der Waals surface area contributed by atoms with Crippen LogP contribution in [-0.2, 0) is 11.3 Å². The summed E-state index contributed by atoms with van der Waals surface area (Å²) >= 11 is 0. The van der Waals surface area contributed by atoms with Crippen molar-refractivity contribution in [3.05, 3.63) is 34.7 Å². The van der Waals surface area contributed by atoms with Crippen molar-refractivity contribution in [1.29, 1.82) is 0 Å². The highest BCUT2D eigenvalue weighted by Crippen LogP contribution is 2.13. The van der Waals surface area contributed by atoms with Crippen LogP contribution >= 0.6 is 0 Å². The molecule has 3 nitrogen and oxygen atoms in total. The van der Waals surface area contributed by atoms with Gasteiger partial charge in [-0.2, -0.15) is 0 Å². The number of pyridine rings is 1. The number of nitrogens with zero attached hydrogens (tertiary/aromatic N) is 1. The zero-order valence-electron chi connectivity index (χ0n) is 8.99. The number of aromatic nitrogens is 1. The van der Waals surface area contributed by atoms with Gasteiger partial charge >= 0.3 is 0 Å². The van der Waals surface area contributed by atoms with Gasteiger partial charge in [-0.25, -0.2) is 0 Å². The number of hydrogen-bond acceptors (Lipinski definition) is 2. The lowest BCUT2D eigenvalue weighted by Gasteiger charge is -2.23. The summed E-state index contributed by atoms with van der Waals surface area (Å²) in [5, 5.41) is 0. The maximum atomic E-state index is 10.8. The first-order chi connectivity index (χ1) is 6.53. The largest absolute Gasteiger partial charge is 0.379 e. The average molecular weight is 195 g/mol. The van der Waals surface area contributed by atoms with Crippen molar-refractivity contribution in [2.24, 2.45) is 0 Å². The first kappa shape index (κ1) is 11.0. The Bertz CT molecular complexity index is 321. The van der Waals surface area contributed by atoms with Crippen LogP contribution in [0, 0.1) is 0 Å². The minimum Gasteiger partial charge on any atom is -0.379 e. The lowest BCUT2D eigenvalue weighted by molar-refractivity contribution is 0.0120. The second-order valence-electron chi connectivity index (χ2n) is 3.99. The molecule has 14 heavy (non-hydrogen) atoms. The van der Waals surface area contributed by atoms with Gasteiger partial charge in [0.25, 0.3) is 0 Å². The van der Waals surface area contributed by atoms with E-state index in [0.29, 0.717) is 0 Å². The quantitative estimate of drug-likeness (QED) is 0.731. The van der Waals surface area contributed by atoms with E-state index in [4.69, 9.17) is 4.74 Å². The standard InChI is InChI=1S/C11H17NO2/c1-11(2,14-3)6-9-12-7-4-10(13)5-8-12/h4-5,7-8H,6,9H2,1-3H3. The van der Waals surface area contributed by atoms with Gasteiger partial charge in [0.1, 0.15) is 0 Å². The van der Waals surface area contributed by atoms with Gasteiger partial charge in [-0.05, 0) is 20.3 Å². The summed E-state index contributed by atoms with van der Waals surface area (Å²) in [6.45, 7) is 4.96. The Morgan fingerprint density at radius 1 is 1.36 bits per heavy atom. The maximum absolute atomic E-state index is 10.8. The minimum atomic E-state index is -0.108. The highest BCUT2D eigenvalue weighted by Gasteiger charge is 2.15. The number of rotatable bonds is 4. The third-order valence-electron chi connectivity index (χ3n) is 2.39. The van der Waals surface area contributed by atoms with Crippen LogP contribution in [0.15, 0.2) is 29.3 Å².